The summed E-state index contributed by atoms with van der Waals surface area (Å²) in [7, 11) is 1.89. The summed E-state index contributed by atoms with van der Waals surface area (Å²) < 4.78 is 1.80. The first-order chi connectivity index (χ1) is 11.0. The lowest BCUT2D eigenvalue weighted by molar-refractivity contribution is 0.693. The van der Waals surface area contributed by atoms with E-state index >= 15 is 0 Å². The zero-order chi connectivity index (χ0) is 16.4. The average Bonchev–Trinajstić information content (AvgIpc) is 2.78. The molecule has 0 bridgehead atoms. The molecule has 0 amide bonds. The van der Waals surface area contributed by atoms with Crippen LogP contribution >= 0.6 is 35.0 Å². The number of rotatable bonds is 4. The Kier molecular flexibility index (Phi) is 4.75. The number of aryl methyl sites for hydroxylation is 2. The predicted octanol–water partition coefficient (Wildman–Crippen LogP) is 4.72. The van der Waals surface area contributed by atoms with E-state index in [0.29, 0.717) is 16.0 Å². The molecule has 1 N–H and O–H groups in total. The SMILES string of the molecule is Cc1nn(C)c(Sc2ccc(Cl)cc2Cl)c1Nc1ncccn1. The largest absolute Gasteiger partial charge is 0.320 e. The molecule has 3 rings (SSSR count). The maximum atomic E-state index is 6.27. The Morgan fingerprint density at radius 3 is 2.61 bits per heavy atom. The first kappa shape index (κ1) is 16.1. The van der Waals surface area contributed by atoms with E-state index in [1.165, 1.54) is 11.8 Å². The molecule has 0 aliphatic rings. The van der Waals surface area contributed by atoms with Gasteiger partial charge in [0, 0.05) is 29.4 Å². The third kappa shape index (κ3) is 3.60. The first-order valence-corrected chi connectivity index (χ1v) is 8.32. The van der Waals surface area contributed by atoms with E-state index in [4.69, 9.17) is 23.2 Å². The lowest BCUT2D eigenvalue weighted by Crippen LogP contribution is -1.98. The highest BCUT2D eigenvalue weighted by Crippen LogP contribution is 2.39. The van der Waals surface area contributed by atoms with Gasteiger partial charge in [0.25, 0.3) is 0 Å². The van der Waals surface area contributed by atoms with Crippen molar-refractivity contribution in [2.24, 2.45) is 7.05 Å². The van der Waals surface area contributed by atoms with Gasteiger partial charge in [-0.3, -0.25) is 4.68 Å². The van der Waals surface area contributed by atoms with Crippen LogP contribution in [-0.2, 0) is 7.05 Å². The van der Waals surface area contributed by atoms with E-state index in [9.17, 15) is 0 Å². The Bertz CT molecular complexity index is 835. The number of aromatic nitrogens is 4. The van der Waals surface area contributed by atoms with Gasteiger partial charge in [0.05, 0.1) is 16.4 Å². The standard InChI is InChI=1S/C15H13Cl2N5S/c1-9-13(20-15-18-6-3-7-19-15)14(22(2)21-9)23-12-5-4-10(16)8-11(12)17/h3-8H,1-2H3,(H,18,19,20). The molecule has 2 heterocycles. The Hall–Kier alpha value is -1.76. The summed E-state index contributed by atoms with van der Waals surface area (Å²) in [5, 5.41) is 9.80. The smallest absolute Gasteiger partial charge is 0.227 e. The van der Waals surface area contributed by atoms with Gasteiger partial charge in [-0.05, 0) is 31.2 Å². The zero-order valence-corrected chi connectivity index (χ0v) is 14.7. The lowest BCUT2D eigenvalue weighted by atomic mass is 10.4. The van der Waals surface area contributed by atoms with Crippen LogP contribution < -0.4 is 5.32 Å². The summed E-state index contributed by atoms with van der Waals surface area (Å²) in [6.07, 6.45) is 3.37. The van der Waals surface area contributed by atoms with Gasteiger partial charge in [0.2, 0.25) is 5.95 Å². The molecule has 0 aliphatic heterocycles. The molecule has 0 spiro atoms. The van der Waals surface area contributed by atoms with Crippen LogP contribution in [0, 0.1) is 6.92 Å². The maximum absolute atomic E-state index is 6.27. The molecule has 0 atom stereocenters. The molecule has 3 aromatic rings. The van der Waals surface area contributed by atoms with Crippen LogP contribution in [0.25, 0.3) is 0 Å². The highest BCUT2D eigenvalue weighted by molar-refractivity contribution is 7.99. The zero-order valence-electron chi connectivity index (χ0n) is 12.4. The highest BCUT2D eigenvalue weighted by Gasteiger charge is 2.17. The monoisotopic (exact) mass is 365 g/mol. The van der Waals surface area contributed by atoms with E-state index in [1.807, 2.05) is 26.1 Å². The summed E-state index contributed by atoms with van der Waals surface area (Å²) in [6, 6.07) is 7.19. The van der Waals surface area contributed by atoms with Gasteiger partial charge >= 0.3 is 0 Å². The van der Waals surface area contributed by atoms with Crippen LogP contribution in [0.5, 0.6) is 0 Å². The molecule has 2 aromatic heterocycles. The van der Waals surface area contributed by atoms with Crippen molar-refractivity contribution in [3.8, 4) is 0 Å². The van der Waals surface area contributed by atoms with Gasteiger partial charge in [0.1, 0.15) is 5.03 Å². The minimum absolute atomic E-state index is 0.521. The molecule has 23 heavy (non-hydrogen) atoms. The molecule has 0 saturated carbocycles. The number of halogens is 2. The van der Waals surface area contributed by atoms with Crippen LogP contribution in [-0.4, -0.2) is 19.7 Å². The Morgan fingerprint density at radius 2 is 1.91 bits per heavy atom. The Morgan fingerprint density at radius 1 is 1.17 bits per heavy atom. The summed E-state index contributed by atoms with van der Waals surface area (Å²) in [6.45, 7) is 1.93. The topological polar surface area (TPSA) is 55.6 Å². The van der Waals surface area contributed by atoms with Gasteiger partial charge in [-0.2, -0.15) is 5.10 Å². The normalized spacial score (nSPS) is 10.8. The molecule has 0 fully saturated rings. The minimum Gasteiger partial charge on any atom is -0.320 e. The van der Waals surface area contributed by atoms with Crippen molar-refractivity contribution in [2.75, 3.05) is 5.32 Å². The lowest BCUT2D eigenvalue weighted by Gasteiger charge is -2.09. The third-order valence-electron chi connectivity index (χ3n) is 3.07. The number of anilines is 2. The van der Waals surface area contributed by atoms with Crippen LogP contribution in [0.2, 0.25) is 10.0 Å². The fourth-order valence-corrected chi connectivity index (χ4v) is 3.53. The van der Waals surface area contributed by atoms with E-state index < -0.39 is 0 Å². The maximum Gasteiger partial charge on any atom is 0.227 e. The fraction of sp³-hybridized carbons (Fsp3) is 0.133. The van der Waals surface area contributed by atoms with Crippen LogP contribution in [0.1, 0.15) is 5.69 Å². The van der Waals surface area contributed by atoms with E-state index in [-0.39, 0.29) is 0 Å². The van der Waals surface area contributed by atoms with Gasteiger partial charge in [0.15, 0.2) is 0 Å². The number of hydrogen-bond acceptors (Lipinski definition) is 5. The second-order valence-corrected chi connectivity index (χ2v) is 6.64. The average molecular weight is 366 g/mol. The first-order valence-electron chi connectivity index (χ1n) is 6.75. The molecule has 8 heteroatoms. The van der Waals surface area contributed by atoms with Crippen molar-refractivity contribution in [2.45, 2.75) is 16.8 Å². The van der Waals surface area contributed by atoms with Gasteiger partial charge in [-0.15, -0.1) is 0 Å². The number of benzene rings is 1. The summed E-state index contributed by atoms with van der Waals surface area (Å²) in [5.74, 6) is 0.521. The Balaban J connectivity index is 1.96. The minimum atomic E-state index is 0.521. The highest BCUT2D eigenvalue weighted by atomic mass is 35.5. The van der Waals surface area contributed by atoms with Crippen molar-refractivity contribution >= 4 is 46.6 Å². The molecular formula is C15H13Cl2N5S. The molecule has 5 nitrogen and oxygen atoms in total. The van der Waals surface area contributed by atoms with Gasteiger partial charge < -0.3 is 5.32 Å². The number of nitrogens with one attached hydrogen (secondary N) is 1. The molecular weight excluding hydrogens is 353 g/mol. The number of nitrogens with zero attached hydrogens (tertiary/aromatic N) is 4. The second-order valence-electron chi connectivity index (χ2n) is 4.76. The van der Waals surface area contributed by atoms with Crippen molar-refractivity contribution in [1.29, 1.82) is 0 Å². The molecule has 118 valence electrons. The summed E-state index contributed by atoms with van der Waals surface area (Å²) >= 11 is 13.7. The molecule has 0 saturated heterocycles. The molecule has 1 aromatic carbocycles. The van der Waals surface area contributed by atoms with Crippen molar-refractivity contribution < 1.29 is 0 Å². The second kappa shape index (κ2) is 6.78. The number of hydrogen-bond donors (Lipinski definition) is 1. The summed E-state index contributed by atoms with van der Waals surface area (Å²) in [5.41, 5.74) is 1.71. The molecule has 0 radical (unpaired) electrons. The summed E-state index contributed by atoms with van der Waals surface area (Å²) in [4.78, 5) is 9.28. The molecule has 0 aliphatic carbocycles. The third-order valence-corrected chi connectivity index (χ3v) is 4.97. The van der Waals surface area contributed by atoms with Gasteiger partial charge in [-0.25, -0.2) is 9.97 Å². The Labute approximate surface area is 148 Å². The van der Waals surface area contributed by atoms with Crippen molar-refractivity contribution in [3.63, 3.8) is 0 Å². The van der Waals surface area contributed by atoms with E-state index in [1.54, 1.807) is 29.2 Å². The van der Waals surface area contributed by atoms with E-state index in [2.05, 4.69) is 20.4 Å². The quantitative estimate of drug-likeness (QED) is 0.724. The molecule has 0 unspecified atom stereocenters. The van der Waals surface area contributed by atoms with Gasteiger partial charge in [-0.1, -0.05) is 35.0 Å². The van der Waals surface area contributed by atoms with Crippen molar-refractivity contribution in [3.05, 3.63) is 52.4 Å². The van der Waals surface area contributed by atoms with Crippen molar-refractivity contribution in [1.82, 2.24) is 19.7 Å². The van der Waals surface area contributed by atoms with Crippen LogP contribution in [0.15, 0.2) is 46.6 Å². The fourth-order valence-electron chi connectivity index (χ4n) is 2.04. The van der Waals surface area contributed by atoms with Crippen LogP contribution in [0.4, 0.5) is 11.6 Å². The predicted molar refractivity (Wildman–Crippen MR) is 93.8 cm³/mol. The van der Waals surface area contributed by atoms with E-state index in [0.717, 1.165) is 21.3 Å². The van der Waals surface area contributed by atoms with Crippen LogP contribution in [0.3, 0.4) is 0 Å².